The van der Waals surface area contributed by atoms with E-state index in [0.717, 1.165) is 22.7 Å². The molecule has 2 aliphatic rings. The largest absolute Gasteiger partial charge is 0.490 e. The average molecular weight is 560 g/mol. The quantitative estimate of drug-likeness (QED) is 0.251. The van der Waals surface area contributed by atoms with Crippen molar-refractivity contribution < 1.29 is 22.5 Å². The van der Waals surface area contributed by atoms with Gasteiger partial charge in [0.2, 0.25) is 0 Å². The summed E-state index contributed by atoms with van der Waals surface area (Å²) in [5.74, 6) is -1.72. The van der Waals surface area contributed by atoms with Crippen LogP contribution < -0.4 is 4.74 Å². The third-order valence-electron chi connectivity index (χ3n) is 6.27. The highest BCUT2D eigenvalue weighted by molar-refractivity contribution is 7.86. The molecule has 3 atom stereocenters. The number of rotatable bonds is 2. The molecule has 6 rings (SSSR count). The van der Waals surface area contributed by atoms with Gasteiger partial charge in [-0.15, -0.1) is 24.2 Å². The number of hydrogen-bond donors (Lipinski definition) is 0. The first-order valence-corrected chi connectivity index (χ1v) is 13.8. The van der Waals surface area contributed by atoms with Crippen LogP contribution in [0.1, 0.15) is 17.0 Å². The van der Waals surface area contributed by atoms with Gasteiger partial charge in [0.05, 0.1) is 49.5 Å². The highest BCUT2D eigenvalue weighted by Gasteiger charge is 2.54. The lowest BCUT2D eigenvalue weighted by Gasteiger charge is -2.46. The van der Waals surface area contributed by atoms with Gasteiger partial charge in [0, 0.05) is 22.4 Å². The van der Waals surface area contributed by atoms with E-state index in [1.165, 1.54) is 4.70 Å². The van der Waals surface area contributed by atoms with E-state index < -0.39 is 27.2 Å². The maximum atomic E-state index is 14.8. The predicted octanol–water partition coefficient (Wildman–Crippen LogP) is 6.90. The van der Waals surface area contributed by atoms with Gasteiger partial charge >= 0.3 is 0 Å². The van der Waals surface area contributed by atoms with Crippen molar-refractivity contribution in [1.82, 2.24) is 4.98 Å². The summed E-state index contributed by atoms with van der Waals surface area (Å²) < 4.78 is 53.8. The normalized spacial score (nSPS) is 20.6. The van der Waals surface area contributed by atoms with Crippen LogP contribution in [-0.2, 0) is 20.3 Å². The van der Waals surface area contributed by atoms with Crippen LogP contribution in [0.5, 0.6) is 5.75 Å². The van der Waals surface area contributed by atoms with Crippen LogP contribution in [-0.4, -0.2) is 29.0 Å². The monoisotopic (exact) mass is 559 g/mol. The fraction of sp³-hybridized carbons (Fsp3) is 0.250. The van der Waals surface area contributed by atoms with Gasteiger partial charge < -0.3 is 9.47 Å². The molecule has 1 saturated heterocycles. The van der Waals surface area contributed by atoms with Crippen LogP contribution in [0.25, 0.3) is 10.2 Å². The molecule has 9 heteroatoms. The van der Waals surface area contributed by atoms with Crippen molar-refractivity contribution >= 4 is 44.0 Å². The van der Waals surface area contributed by atoms with E-state index in [1.54, 1.807) is 35.6 Å². The van der Waals surface area contributed by atoms with Gasteiger partial charge in [0.15, 0.2) is 11.6 Å². The molecule has 2 aliphatic heterocycles. The summed E-state index contributed by atoms with van der Waals surface area (Å²) in [7, 11) is -1.62. The third-order valence-corrected chi connectivity index (χ3v) is 9.57. The maximum absolute atomic E-state index is 14.8. The van der Waals surface area contributed by atoms with Crippen molar-refractivity contribution in [3.63, 3.8) is 0 Å². The molecule has 2 unspecified atom stereocenters. The topological polar surface area (TPSA) is 48.4 Å². The molecule has 0 N–H and O–H groups in total. The number of ether oxygens (including phenoxy) is 2. The molecule has 192 valence electrons. The van der Waals surface area contributed by atoms with E-state index in [0.29, 0.717) is 22.9 Å². The Labute approximate surface area is 226 Å². The second-order valence-electron chi connectivity index (χ2n) is 8.38. The first-order chi connectivity index (χ1) is 17.9. The second kappa shape index (κ2) is 11.7. The first kappa shape index (κ1) is 27.2. The van der Waals surface area contributed by atoms with Gasteiger partial charge in [0.1, 0.15) is 5.82 Å². The Kier molecular flexibility index (Phi) is 8.60. The minimum Gasteiger partial charge on any atom is -0.490 e. The molecule has 3 heterocycles. The number of terminal acetylenes is 1. The number of fused-ring (bicyclic) bond motifs is 4. The number of thiazole rings is 1. The molecule has 4 aromatic rings. The molecule has 37 heavy (non-hydrogen) atoms. The van der Waals surface area contributed by atoms with Gasteiger partial charge in [-0.25, -0.2) is 13.8 Å². The van der Waals surface area contributed by atoms with Crippen molar-refractivity contribution in [3.8, 4) is 18.6 Å². The zero-order chi connectivity index (χ0) is 26.6. The summed E-state index contributed by atoms with van der Waals surface area (Å²) in [5.41, 5.74) is 1.17. The molecule has 0 bridgehead atoms. The number of aromatic nitrogens is 1. The zero-order valence-electron chi connectivity index (χ0n) is 20.0. The summed E-state index contributed by atoms with van der Waals surface area (Å²) in [4.78, 5) is 4.85. The van der Waals surface area contributed by atoms with Crippen LogP contribution >= 0.6 is 22.9 Å². The SMILES string of the molecule is C#C.Cc1nc2ccccc2s1.O=S(c1ccc(Cl)cc1)[C@@]12CCOCC1COc1c(F)ccc(F)c12. The van der Waals surface area contributed by atoms with Crippen LogP contribution in [0.4, 0.5) is 8.78 Å². The van der Waals surface area contributed by atoms with Crippen LogP contribution in [0.2, 0.25) is 5.02 Å². The summed E-state index contributed by atoms with van der Waals surface area (Å²) in [5, 5.41) is 1.66. The van der Waals surface area contributed by atoms with Gasteiger partial charge in [-0.2, -0.15) is 0 Å². The smallest absolute Gasteiger partial charge is 0.165 e. The molecule has 0 saturated carbocycles. The van der Waals surface area contributed by atoms with Crippen molar-refractivity contribution in [2.45, 2.75) is 23.0 Å². The van der Waals surface area contributed by atoms with Crippen molar-refractivity contribution in [1.29, 1.82) is 0 Å². The molecule has 0 amide bonds. The van der Waals surface area contributed by atoms with Crippen LogP contribution in [0.3, 0.4) is 0 Å². The summed E-state index contributed by atoms with van der Waals surface area (Å²) >= 11 is 7.66. The molecule has 0 spiro atoms. The lowest BCUT2D eigenvalue weighted by atomic mass is 9.79. The summed E-state index contributed by atoms with van der Waals surface area (Å²) in [6, 6.07) is 16.9. The number of nitrogens with zero attached hydrogens (tertiary/aromatic N) is 1. The van der Waals surface area contributed by atoms with Crippen LogP contribution in [0.15, 0.2) is 65.6 Å². The molecule has 0 aliphatic carbocycles. The van der Waals surface area contributed by atoms with Gasteiger partial charge in [-0.05, 0) is 61.9 Å². The fourth-order valence-electron chi connectivity index (χ4n) is 4.65. The van der Waals surface area contributed by atoms with Gasteiger partial charge in [-0.1, -0.05) is 23.7 Å². The minimum atomic E-state index is -1.62. The fourth-order valence-corrected chi connectivity index (χ4v) is 7.49. The molecule has 1 aromatic heterocycles. The van der Waals surface area contributed by atoms with E-state index in [9.17, 15) is 13.0 Å². The maximum Gasteiger partial charge on any atom is 0.165 e. The van der Waals surface area contributed by atoms with E-state index in [1.807, 2.05) is 25.1 Å². The Hall–Kier alpha value is -2.83. The first-order valence-electron chi connectivity index (χ1n) is 11.4. The number of halogens is 3. The van der Waals surface area contributed by atoms with E-state index in [4.69, 9.17) is 21.1 Å². The van der Waals surface area contributed by atoms with Gasteiger partial charge in [-0.3, -0.25) is 4.21 Å². The van der Waals surface area contributed by atoms with Crippen molar-refractivity contribution in [2.24, 2.45) is 5.92 Å². The standard InChI is InChI=1S/C18H15ClF2O3S.C8H7NS.C2H2/c19-12-1-3-13(4-2-12)25(22)18-7-8-23-9-11(18)10-24-17-15(21)6-5-14(20)16(17)18;1-6-9-7-4-2-3-5-8(7)10-6;1-2/h1-6,11H,7-10H2;2-5H,1H3;1-2H/t11?,18-,25?;;/m0../s1. The lowest BCUT2D eigenvalue weighted by molar-refractivity contribution is -0.00494. The highest BCUT2D eigenvalue weighted by Crippen LogP contribution is 2.52. The summed E-state index contributed by atoms with van der Waals surface area (Å²) in [6.45, 7) is 2.78. The van der Waals surface area contributed by atoms with E-state index in [-0.39, 0.29) is 30.4 Å². The number of benzene rings is 3. The molecule has 4 nitrogen and oxygen atoms in total. The Morgan fingerprint density at radius 1 is 1.05 bits per heavy atom. The minimum absolute atomic E-state index is 0.0559. The third kappa shape index (κ3) is 5.27. The number of aryl methyl sites for hydroxylation is 1. The number of hydrogen-bond acceptors (Lipinski definition) is 5. The van der Waals surface area contributed by atoms with E-state index in [2.05, 4.69) is 23.9 Å². The van der Waals surface area contributed by atoms with E-state index >= 15 is 0 Å². The average Bonchev–Trinajstić information content (AvgIpc) is 3.32. The highest BCUT2D eigenvalue weighted by atomic mass is 35.5. The Morgan fingerprint density at radius 2 is 1.76 bits per heavy atom. The number of para-hydroxylation sites is 1. The van der Waals surface area contributed by atoms with Gasteiger partial charge in [0.25, 0.3) is 0 Å². The predicted molar refractivity (Wildman–Crippen MR) is 145 cm³/mol. The molecular weight excluding hydrogens is 536 g/mol. The second-order valence-corrected chi connectivity index (χ2v) is 11.8. The van der Waals surface area contributed by atoms with Crippen molar-refractivity contribution in [3.05, 3.63) is 87.9 Å². The molecule has 1 fully saturated rings. The van der Waals surface area contributed by atoms with Crippen LogP contribution in [0, 0.1) is 37.3 Å². The Morgan fingerprint density at radius 3 is 2.49 bits per heavy atom. The lowest BCUT2D eigenvalue weighted by Crippen LogP contribution is -2.52. The zero-order valence-corrected chi connectivity index (χ0v) is 22.3. The molecular formula is C28H24ClF2NO3S2. The Balaban J connectivity index is 0.000000222. The Bertz CT molecular complexity index is 1410. The molecule has 0 radical (unpaired) electrons. The summed E-state index contributed by atoms with van der Waals surface area (Å²) in [6.07, 6.45) is 8.32. The molecule has 3 aromatic carbocycles. The van der Waals surface area contributed by atoms with Crippen molar-refractivity contribution in [2.75, 3.05) is 19.8 Å².